The number of carbonyl (C=O) groups is 1. The Kier molecular flexibility index (Phi) is 1.84. The van der Waals surface area contributed by atoms with Gasteiger partial charge in [0.25, 0.3) is 0 Å². The molecule has 0 fully saturated rings. The van der Waals surface area contributed by atoms with E-state index in [4.69, 9.17) is 11.5 Å². The summed E-state index contributed by atoms with van der Waals surface area (Å²) in [4.78, 5) is 13.0. The van der Waals surface area contributed by atoms with E-state index < -0.39 is 0 Å². The van der Waals surface area contributed by atoms with Crippen molar-refractivity contribution in [3.8, 4) is 0 Å². The maximum Gasteiger partial charge on any atom is 0.223 e. The largest absolute Gasteiger partial charge is 0.397 e. The molecule has 0 atom stereocenters. The van der Waals surface area contributed by atoms with Crippen molar-refractivity contribution < 1.29 is 4.79 Å². The van der Waals surface area contributed by atoms with Gasteiger partial charge in [-0.1, -0.05) is 0 Å². The van der Waals surface area contributed by atoms with E-state index in [2.05, 4.69) is 0 Å². The first-order valence-corrected chi connectivity index (χ1v) is 4.55. The molecule has 0 bridgehead atoms. The van der Waals surface area contributed by atoms with E-state index in [0.717, 1.165) is 24.2 Å². The molecule has 14 heavy (non-hydrogen) atoms. The van der Waals surface area contributed by atoms with E-state index in [1.807, 2.05) is 6.07 Å². The molecule has 1 heterocycles. The fraction of sp³-hybridized carbons (Fsp3) is 0.300. The maximum absolute atomic E-state index is 11.3. The van der Waals surface area contributed by atoms with Crippen LogP contribution in [0.1, 0.15) is 12.5 Å². The highest BCUT2D eigenvalue weighted by Gasteiger charge is 2.22. The van der Waals surface area contributed by atoms with Crippen molar-refractivity contribution in [2.45, 2.75) is 13.3 Å². The molecule has 0 saturated carbocycles. The van der Waals surface area contributed by atoms with Crippen molar-refractivity contribution in [1.82, 2.24) is 0 Å². The van der Waals surface area contributed by atoms with E-state index in [-0.39, 0.29) is 5.91 Å². The van der Waals surface area contributed by atoms with Crippen LogP contribution in [0, 0.1) is 0 Å². The number of hydrogen-bond donors (Lipinski definition) is 2. The molecule has 1 aliphatic heterocycles. The number of anilines is 3. The third kappa shape index (κ3) is 1.19. The number of benzene rings is 1. The number of nitrogens with two attached hydrogens (primary N) is 2. The molecule has 4 N–H and O–H groups in total. The average Bonchev–Trinajstić information content (AvgIpc) is 2.48. The summed E-state index contributed by atoms with van der Waals surface area (Å²) in [5, 5.41) is 0. The van der Waals surface area contributed by atoms with Crippen LogP contribution in [0.2, 0.25) is 0 Å². The zero-order valence-corrected chi connectivity index (χ0v) is 8.08. The molecule has 1 amide bonds. The minimum atomic E-state index is 0.0490. The zero-order valence-electron chi connectivity index (χ0n) is 8.08. The van der Waals surface area contributed by atoms with Gasteiger partial charge in [-0.25, -0.2) is 0 Å². The van der Waals surface area contributed by atoms with Gasteiger partial charge < -0.3 is 16.4 Å². The lowest BCUT2D eigenvalue weighted by Gasteiger charge is -2.15. The number of nitrogens with zero attached hydrogens (tertiary/aromatic N) is 1. The highest BCUT2D eigenvalue weighted by molar-refractivity contribution is 5.95. The van der Waals surface area contributed by atoms with Crippen LogP contribution >= 0.6 is 0 Å². The van der Waals surface area contributed by atoms with Gasteiger partial charge in [-0.2, -0.15) is 0 Å². The van der Waals surface area contributed by atoms with Crippen LogP contribution in [0.4, 0.5) is 17.1 Å². The first kappa shape index (κ1) is 8.87. The molecule has 0 unspecified atom stereocenters. The van der Waals surface area contributed by atoms with Crippen LogP contribution < -0.4 is 16.4 Å². The predicted molar refractivity (Wildman–Crippen MR) is 57.0 cm³/mol. The molecule has 0 saturated heterocycles. The second-order valence-corrected chi connectivity index (χ2v) is 3.53. The van der Waals surface area contributed by atoms with Crippen LogP contribution in [0.3, 0.4) is 0 Å². The van der Waals surface area contributed by atoms with E-state index in [0.29, 0.717) is 11.4 Å². The summed E-state index contributed by atoms with van der Waals surface area (Å²) >= 11 is 0. The lowest BCUT2D eigenvalue weighted by atomic mass is 10.1. The topological polar surface area (TPSA) is 72.3 Å². The normalized spacial score (nSPS) is 14.2. The van der Waals surface area contributed by atoms with Crippen molar-refractivity contribution in [3.63, 3.8) is 0 Å². The smallest absolute Gasteiger partial charge is 0.223 e. The Hall–Kier alpha value is -1.71. The van der Waals surface area contributed by atoms with Crippen LogP contribution in [-0.4, -0.2) is 12.5 Å². The number of nitrogen functional groups attached to an aromatic ring is 2. The Bertz CT molecular complexity index is 401. The molecule has 0 radical (unpaired) electrons. The van der Waals surface area contributed by atoms with Gasteiger partial charge in [0.15, 0.2) is 0 Å². The molecule has 0 aliphatic carbocycles. The molecule has 74 valence electrons. The number of fused-ring (bicyclic) bond motifs is 1. The zero-order chi connectivity index (χ0) is 10.3. The van der Waals surface area contributed by atoms with E-state index in [1.54, 1.807) is 17.9 Å². The first-order valence-electron chi connectivity index (χ1n) is 4.55. The summed E-state index contributed by atoms with van der Waals surface area (Å²) in [6.07, 6.45) is 0.861. The van der Waals surface area contributed by atoms with Gasteiger partial charge >= 0.3 is 0 Å². The predicted octanol–water partition coefficient (Wildman–Crippen LogP) is 0.760. The molecule has 4 nitrogen and oxygen atoms in total. The third-order valence-corrected chi connectivity index (χ3v) is 2.56. The van der Waals surface area contributed by atoms with E-state index >= 15 is 0 Å². The fourth-order valence-electron chi connectivity index (χ4n) is 1.80. The summed E-state index contributed by atoms with van der Waals surface area (Å²) in [7, 11) is 0. The summed E-state index contributed by atoms with van der Waals surface area (Å²) < 4.78 is 0. The first-order chi connectivity index (χ1) is 6.59. The molecule has 1 aromatic rings. The molecule has 0 aromatic heterocycles. The number of hydrogen-bond acceptors (Lipinski definition) is 3. The Morgan fingerprint density at radius 2 is 2.00 bits per heavy atom. The van der Waals surface area contributed by atoms with Crippen molar-refractivity contribution >= 4 is 23.0 Å². The summed E-state index contributed by atoms with van der Waals surface area (Å²) in [6, 6.07) is 3.63. The Morgan fingerprint density at radius 1 is 1.36 bits per heavy atom. The van der Waals surface area contributed by atoms with Gasteiger partial charge in [-0.05, 0) is 24.1 Å². The molecular formula is C10H13N3O. The molecule has 2 rings (SSSR count). The minimum Gasteiger partial charge on any atom is -0.397 e. The second kappa shape index (κ2) is 2.90. The van der Waals surface area contributed by atoms with Gasteiger partial charge in [0.1, 0.15) is 0 Å². The van der Waals surface area contributed by atoms with Crippen molar-refractivity contribution in [1.29, 1.82) is 0 Å². The molecular weight excluding hydrogens is 178 g/mol. The monoisotopic (exact) mass is 191 g/mol. The quantitative estimate of drug-likeness (QED) is 0.595. The average molecular weight is 191 g/mol. The van der Waals surface area contributed by atoms with Crippen molar-refractivity contribution in [2.24, 2.45) is 0 Å². The Balaban J connectivity index is 2.50. The van der Waals surface area contributed by atoms with E-state index in [1.165, 1.54) is 0 Å². The highest BCUT2D eigenvalue weighted by Crippen LogP contribution is 2.33. The van der Waals surface area contributed by atoms with Crippen LogP contribution in [0.25, 0.3) is 0 Å². The fourth-order valence-corrected chi connectivity index (χ4v) is 1.80. The molecule has 1 aliphatic rings. The summed E-state index contributed by atoms with van der Waals surface area (Å²) in [5.74, 6) is 0.0490. The Labute approximate surface area is 82.5 Å². The van der Waals surface area contributed by atoms with Crippen LogP contribution in [0.15, 0.2) is 12.1 Å². The van der Waals surface area contributed by atoms with Gasteiger partial charge in [-0.15, -0.1) is 0 Å². The molecule has 4 heteroatoms. The SMILES string of the molecule is CC(=O)N1CCc2cc(N)c(N)cc21. The summed E-state index contributed by atoms with van der Waals surface area (Å²) in [6.45, 7) is 2.29. The molecule has 1 aromatic carbocycles. The van der Waals surface area contributed by atoms with Crippen molar-refractivity contribution in [2.75, 3.05) is 22.9 Å². The van der Waals surface area contributed by atoms with Gasteiger partial charge in [0.05, 0.1) is 11.4 Å². The maximum atomic E-state index is 11.3. The van der Waals surface area contributed by atoms with Crippen molar-refractivity contribution in [3.05, 3.63) is 17.7 Å². The highest BCUT2D eigenvalue weighted by atomic mass is 16.2. The van der Waals surface area contributed by atoms with Crippen LogP contribution in [-0.2, 0) is 11.2 Å². The summed E-state index contributed by atoms with van der Waals surface area (Å²) in [5.41, 5.74) is 14.5. The van der Waals surface area contributed by atoms with Gasteiger partial charge in [-0.3, -0.25) is 4.79 Å². The van der Waals surface area contributed by atoms with Gasteiger partial charge in [0.2, 0.25) is 5.91 Å². The minimum absolute atomic E-state index is 0.0490. The second-order valence-electron chi connectivity index (χ2n) is 3.53. The third-order valence-electron chi connectivity index (χ3n) is 2.56. The number of carbonyl (C=O) groups excluding carboxylic acids is 1. The lowest BCUT2D eigenvalue weighted by molar-refractivity contribution is -0.116. The van der Waals surface area contributed by atoms with Gasteiger partial charge in [0, 0.05) is 19.2 Å². The van der Waals surface area contributed by atoms with Crippen LogP contribution in [0.5, 0.6) is 0 Å². The molecule has 0 spiro atoms. The lowest BCUT2D eigenvalue weighted by Crippen LogP contribution is -2.25. The number of rotatable bonds is 0. The Morgan fingerprint density at radius 3 is 2.64 bits per heavy atom. The van der Waals surface area contributed by atoms with E-state index in [9.17, 15) is 4.79 Å². The standard InChI is InChI=1S/C10H13N3O/c1-6(14)13-3-2-7-4-8(11)9(12)5-10(7)13/h4-5H,2-3,11-12H2,1H3. The number of amides is 1.